The molecule has 6 nitrogen and oxygen atoms in total. The first-order valence-corrected chi connectivity index (χ1v) is 12.0. The average molecular weight is 477 g/mol. The normalized spacial score (nSPS) is 15.6. The first-order chi connectivity index (χ1) is 16.8. The number of aromatic nitrogens is 1. The number of amides is 1. The number of halogens is 1. The molecule has 2 aromatic carbocycles. The second-order valence-corrected chi connectivity index (χ2v) is 9.96. The van der Waals surface area contributed by atoms with Crippen LogP contribution in [0.15, 0.2) is 60.8 Å². The largest absolute Gasteiger partial charge is 0.493 e. The molecule has 1 aliphatic rings. The van der Waals surface area contributed by atoms with Crippen molar-refractivity contribution in [2.24, 2.45) is 5.92 Å². The van der Waals surface area contributed by atoms with Crippen molar-refractivity contribution in [3.8, 4) is 5.75 Å². The number of hydrogen-bond acceptors (Lipinski definition) is 5. The predicted octanol–water partition coefficient (Wildman–Crippen LogP) is 5.37. The number of nitrogens with one attached hydrogen (secondary N) is 3. The van der Waals surface area contributed by atoms with Gasteiger partial charge in [-0.05, 0) is 59.8 Å². The number of carbonyl (C=O) groups excluding carboxylic acids is 1. The first kappa shape index (κ1) is 24.7. The fourth-order valence-corrected chi connectivity index (χ4v) is 4.12. The minimum Gasteiger partial charge on any atom is -0.493 e. The van der Waals surface area contributed by atoms with Gasteiger partial charge in [0.2, 0.25) is 0 Å². The molecule has 0 radical (unpaired) electrons. The summed E-state index contributed by atoms with van der Waals surface area (Å²) in [6.07, 6.45) is 2.74. The molecule has 0 aliphatic carbocycles. The van der Waals surface area contributed by atoms with E-state index in [9.17, 15) is 9.18 Å². The lowest BCUT2D eigenvalue weighted by Gasteiger charge is -2.24. The summed E-state index contributed by atoms with van der Waals surface area (Å²) in [7, 11) is 0. The van der Waals surface area contributed by atoms with Gasteiger partial charge in [-0.1, -0.05) is 39.0 Å². The Morgan fingerprint density at radius 2 is 1.97 bits per heavy atom. The maximum absolute atomic E-state index is 13.2. The Morgan fingerprint density at radius 3 is 2.69 bits per heavy atom. The Balaban J connectivity index is 1.49. The molecule has 1 saturated heterocycles. The van der Waals surface area contributed by atoms with E-state index < -0.39 is 0 Å². The van der Waals surface area contributed by atoms with Crippen LogP contribution in [0, 0.1) is 11.7 Å². The van der Waals surface area contributed by atoms with Crippen LogP contribution in [0.5, 0.6) is 5.75 Å². The average Bonchev–Trinajstić information content (AvgIpc) is 3.36. The van der Waals surface area contributed by atoms with Gasteiger partial charge in [-0.2, -0.15) is 0 Å². The lowest BCUT2D eigenvalue weighted by atomic mass is 9.86. The van der Waals surface area contributed by atoms with Gasteiger partial charge >= 0.3 is 0 Å². The molecule has 0 bridgehead atoms. The molecular weight excluding hydrogens is 443 g/mol. The molecular formula is C28H33FN4O2. The highest BCUT2D eigenvalue weighted by Gasteiger charge is 2.22. The van der Waals surface area contributed by atoms with Gasteiger partial charge in [-0.3, -0.25) is 4.79 Å². The highest BCUT2D eigenvalue weighted by atomic mass is 19.1. The van der Waals surface area contributed by atoms with E-state index >= 15 is 0 Å². The van der Waals surface area contributed by atoms with Gasteiger partial charge in [0.15, 0.2) is 0 Å². The topological polar surface area (TPSA) is 75.3 Å². The molecule has 1 amide bonds. The van der Waals surface area contributed by atoms with Crippen molar-refractivity contribution in [3.63, 3.8) is 0 Å². The van der Waals surface area contributed by atoms with Crippen LogP contribution in [0.2, 0.25) is 0 Å². The Kier molecular flexibility index (Phi) is 7.66. The van der Waals surface area contributed by atoms with Crippen LogP contribution < -0.4 is 20.7 Å². The number of carbonyl (C=O) groups is 1. The van der Waals surface area contributed by atoms with E-state index in [1.807, 2.05) is 18.2 Å². The molecule has 4 rings (SSSR count). The number of benzene rings is 2. The van der Waals surface area contributed by atoms with Gasteiger partial charge in [0.25, 0.3) is 5.91 Å². The Bertz CT molecular complexity index is 1150. The van der Waals surface area contributed by atoms with Crippen LogP contribution in [-0.2, 0) is 12.0 Å². The van der Waals surface area contributed by atoms with Crippen molar-refractivity contribution < 1.29 is 13.9 Å². The van der Waals surface area contributed by atoms with E-state index in [1.165, 1.54) is 12.1 Å². The van der Waals surface area contributed by atoms with Crippen molar-refractivity contribution >= 4 is 17.4 Å². The zero-order valence-electron chi connectivity index (χ0n) is 20.5. The number of anilines is 2. The second-order valence-electron chi connectivity index (χ2n) is 9.96. The Hall–Kier alpha value is -3.45. The maximum atomic E-state index is 13.2. The molecule has 0 spiro atoms. The summed E-state index contributed by atoms with van der Waals surface area (Å²) in [6, 6.07) is 15.5. The van der Waals surface area contributed by atoms with E-state index in [1.54, 1.807) is 30.5 Å². The third kappa shape index (κ3) is 6.57. The number of ether oxygens (including phenoxy) is 1. The highest BCUT2D eigenvalue weighted by molar-refractivity contribution is 6.07. The minimum absolute atomic E-state index is 0.0907. The second kappa shape index (κ2) is 10.9. The van der Waals surface area contributed by atoms with E-state index in [0.29, 0.717) is 36.1 Å². The molecule has 1 aromatic heterocycles. The molecule has 184 valence electrons. The Morgan fingerprint density at radius 1 is 1.17 bits per heavy atom. The quantitative estimate of drug-likeness (QED) is 0.408. The predicted molar refractivity (Wildman–Crippen MR) is 138 cm³/mol. The third-order valence-corrected chi connectivity index (χ3v) is 6.11. The molecule has 3 N–H and O–H groups in total. The molecule has 3 aromatic rings. The van der Waals surface area contributed by atoms with Crippen molar-refractivity contribution in [2.45, 2.75) is 39.2 Å². The molecule has 0 unspecified atom stereocenters. The van der Waals surface area contributed by atoms with Crippen LogP contribution in [-0.4, -0.2) is 30.6 Å². The smallest absolute Gasteiger partial charge is 0.259 e. The summed E-state index contributed by atoms with van der Waals surface area (Å²) >= 11 is 0. The molecule has 1 fully saturated rings. The minimum atomic E-state index is -0.285. The summed E-state index contributed by atoms with van der Waals surface area (Å²) in [5.74, 6) is 1.20. The van der Waals surface area contributed by atoms with Crippen molar-refractivity contribution in [2.75, 3.05) is 30.3 Å². The highest BCUT2D eigenvalue weighted by Crippen LogP contribution is 2.34. The van der Waals surface area contributed by atoms with E-state index in [0.717, 1.165) is 36.4 Å². The molecule has 7 heteroatoms. The van der Waals surface area contributed by atoms with Crippen LogP contribution in [0.25, 0.3) is 0 Å². The fourth-order valence-electron chi connectivity index (χ4n) is 4.12. The van der Waals surface area contributed by atoms with Gasteiger partial charge in [-0.15, -0.1) is 0 Å². The zero-order chi connectivity index (χ0) is 24.8. The van der Waals surface area contributed by atoms with Gasteiger partial charge in [0, 0.05) is 37.0 Å². The lowest BCUT2D eigenvalue weighted by molar-refractivity contribution is 0.102. The summed E-state index contributed by atoms with van der Waals surface area (Å²) in [5, 5.41) is 9.55. The standard InChI is InChI=1S/C28H33FN4O2/c1-28(2,3)24-11-10-22(15-25(24)35-18-20-12-14-30-16-20)33-27(34)23-5-4-13-31-26(23)32-17-19-6-8-21(29)9-7-19/h4-11,13,15,20,30H,12,14,16-18H2,1-3H3,(H,31,32)(H,33,34)/t20-/m1/s1. The number of rotatable bonds is 8. The summed E-state index contributed by atoms with van der Waals surface area (Å²) in [4.78, 5) is 17.5. The molecule has 1 aliphatic heterocycles. The van der Waals surface area contributed by atoms with Crippen molar-refractivity contribution in [3.05, 3.63) is 83.3 Å². The summed E-state index contributed by atoms with van der Waals surface area (Å²) < 4.78 is 19.4. The van der Waals surface area contributed by atoms with Crippen molar-refractivity contribution in [1.29, 1.82) is 0 Å². The van der Waals surface area contributed by atoms with E-state index in [4.69, 9.17) is 4.74 Å². The van der Waals surface area contributed by atoms with Gasteiger partial charge in [0.1, 0.15) is 17.4 Å². The molecule has 35 heavy (non-hydrogen) atoms. The first-order valence-electron chi connectivity index (χ1n) is 12.0. The van der Waals surface area contributed by atoms with E-state index in [-0.39, 0.29) is 17.1 Å². The molecule has 0 saturated carbocycles. The van der Waals surface area contributed by atoms with Crippen LogP contribution in [0.3, 0.4) is 0 Å². The number of nitrogens with zero attached hydrogens (tertiary/aromatic N) is 1. The van der Waals surface area contributed by atoms with Crippen LogP contribution in [0.1, 0.15) is 48.7 Å². The SMILES string of the molecule is CC(C)(C)c1ccc(NC(=O)c2cccnc2NCc2ccc(F)cc2)cc1OC[C@@H]1CCNC1. The van der Waals surface area contributed by atoms with E-state index in [2.05, 4.69) is 41.7 Å². The maximum Gasteiger partial charge on any atom is 0.259 e. The lowest BCUT2D eigenvalue weighted by Crippen LogP contribution is -2.19. The van der Waals surface area contributed by atoms with Crippen LogP contribution in [0.4, 0.5) is 15.9 Å². The monoisotopic (exact) mass is 476 g/mol. The van der Waals surface area contributed by atoms with Gasteiger partial charge in [0.05, 0.1) is 12.2 Å². The van der Waals surface area contributed by atoms with Gasteiger partial charge in [-0.25, -0.2) is 9.37 Å². The van der Waals surface area contributed by atoms with Crippen molar-refractivity contribution in [1.82, 2.24) is 10.3 Å². The zero-order valence-corrected chi connectivity index (χ0v) is 20.5. The summed E-state index contributed by atoms with van der Waals surface area (Å²) in [6.45, 7) is 9.52. The fraction of sp³-hybridized carbons (Fsp3) is 0.357. The number of pyridine rings is 1. The number of hydrogen-bond donors (Lipinski definition) is 3. The van der Waals surface area contributed by atoms with Crippen LogP contribution >= 0.6 is 0 Å². The Labute approximate surface area is 206 Å². The molecule has 2 heterocycles. The molecule has 1 atom stereocenters. The van der Waals surface area contributed by atoms with Gasteiger partial charge < -0.3 is 20.7 Å². The third-order valence-electron chi connectivity index (χ3n) is 6.11. The summed E-state index contributed by atoms with van der Waals surface area (Å²) in [5.41, 5.74) is 2.99.